The Kier molecular flexibility index (Phi) is 3.83. The summed E-state index contributed by atoms with van der Waals surface area (Å²) in [6.45, 7) is 11.4. The van der Waals surface area contributed by atoms with Gasteiger partial charge in [-0.15, -0.1) is 0 Å². The summed E-state index contributed by atoms with van der Waals surface area (Å²) in [5.41, 5.74) is 1.62. The maximum atomic E-state index is 4.52. The standard InChI is InChI=1S/C13H22IN3/c1-10-12(14)9-15-17(10)11-5-7-16(8-6-11)13(2,3)4/h9,11H,5-8H2,1-4H3. The van der Waals surface area contributed by atoms with Crippen LogP contribution < -0.4 is 0 Å². The quantitative estimate of drug-likeness (QED) is 0.728. The Balaban J connectivity index is 2.02. The van der Waals surface area contributed by atoms with Gasteiger partial charge in [0.2, 0.25) is 0 Å². The van der Waals surface area contributed by atoms with Crippen LogP contribution in [-0.2, 0) is 0 Å². The molecule has 1 fully saturated rings. The van der Waals surface area contributed by atoms with E-state index in [0.29, 0.717) is 11.6 Å². The Morgan fingerprint density at radius 3 is 2.29 bits per heavy atom. The van der Waals surface area contributed by atoms with Crippen LogP contribution in [0.1, 0.15) is 45.3 Å². The summed E-state index contributed by atoms with van der Waals surface area (Å²) in [6.07, 6.45) is 4.41. The van der Waals surface area contributed by atoms with Crippen molar-refractivity contribution in [2.45, 2.75) is 52.1 Å². The van der Waals surface area contributed by atoms with Crippen LogP contribution in [0.5, 0.6) is 0 Å². The van der Waals surface area contributed by atoms with E-state index in [1.54, 1.807) is 0 Å². The lowest BCUT2D eigenvalue weighted by atomic mass is 9.98. The Bertz CT molecular complexity index is 384. The van der Waals surface area contributed by atoms with Crippen LogP contribution in [0, 0.1) is 10.5 Å². The zero-order chi connectivity index (χ0) is 12.6. The number of aromatic nitrogens is 2. The van der Waals surface area contributed by atoms with Crippen LogP contribution in [0.3, 0.4) is 0 Å². The van der Waals surface area contributed by atoms with Crippen molar-refractivity contribution in [3.63, 3.8) is 0 Å². The van der Waals surface area contributed by atoms with Gasteiger partial charge >= 0.3 is 0 Å². The van der Waals surface area contributed by atoms with Crippen molar-refractivity contribution in [2.24, 2.45) is 0 Å². The molecule has 1 aromatic rings. The molecule has 0 N–H and O–H groups in total. The number of hydrogen-bond acceptors (Lipinski definition) is 2. The second kappa shape index (κ2) is 4.88. The maximum absolute atomic E-state index is 4.52. The Morgan fingerprint density at radius 1 is 1.29 bits per heavy atom. The average Bonchev–Trinajstić information content (AvgIpc) is 2.59. The van der Waals surface area contributed by atoms with E-state index in [9.17, 15) is 0 Å². The number of rotatable bonds is 1. The molecule has 1 saturated heterocycles. The molecule has 17 heavy (non-hydrogen) atoms. The van der Waals surface area contributed by atoms with Crippen LogP contribution in [-0.4, -0.2) is 33.3 Å². The fourth-order valence-corrected chi connectivity index (χ4v) is 2.92. The molecule has 0 saturated carbocycles. The van der Waals surface area contributed by atoms with Crippen molar-refractivity contribution >= 4 is 22.6 Å². The monoisotopic (exact) mass is 347 g/mol. The lowest BCUT2D eigenvalue weighted by Gasteiger charge is -2.41. The van der Waals surface area contributed by atoms with E-state index in [1.807, 2.05) is 6.20 Å². The SMILES string of the molecule is Cc1c(I)cnn1C1CCN(C(C)(C)C)CC1. The van der Waals surface area contributed by atoms with E-state index in [2.05, 4.69) is 65.0 Å². The molecule has 4 heteroatoms. The number of likely N-dealkylation sites (tertiary alicyclic amines) is 1. The van der Waals surface area contributed by atoms with Crippen molar-refractivity contribution in [2.75, 3.05) is 13.1 Å². The highest BCUT2D eigenvalue weighted by molar-refractivity contribution is 14.1. The maximum Gasteiger partial charge on any atom is 0.0626 e. The first-order chi connectivity index (χ1) is 7.89. The third kappa shape index (κ3) is 2.84. The highest BCUT2D eigenvalue weighted by Gasteiger charge is 2.28. The third-order valence-electron chi connectivity index (χ3n) is 3.74. The molecular formula is C13H22IN3. The molecule has 0 atom stereocenters. The summed E-state index contributed by atoms with van der Waals surface area (Å²) in [5, 5.41) is 4.52. The first kappa shape index (κ1) is 13.3. The molecule has 0 spiro atoms. The molecule has 0 unspecified atom stereocenters. The third-order valence-corrected chi connectivity index (χ3v) is 4.80. The highest BCUT2D eigenvalue weighted by Crippen LogP contribution is 2.28. The van der Waals surface area contributed by atoms with Gasteiger partial charge in [-0.1, -0.05) is 0 Å². The van der Waals surface area contributed by atoms with Crippen molar-refractivity contribution in [3.8, 4) is 0 Å². The van der Waals surface area contributed by atoms with Crippen molar-refractivity contribution in [1.82, 2.24) is 14.7 Å². The van der Waals surface area contributed by atoms with E-state index in [1.165, 1.54) is 35.2 Å². The summed E-state index contributed by atoms with van der Waals surface area (Å²) in [5.74, 6) is 0. The van der Waals surface area contributed by atoms with E-state index in [-0.39, 0.29) is 0 Å². The molecule has 0 aliphatic carbocycles. The van der Waals surface area contributed by atoms with Crippen LogP contribution in [0.25, 0.3) is 0 Å². The first-order valence-corrected chi connectivity index (χ1v) is 7.42. The zero-order valence-electron chi connectivity index (χ0n) is 11.2. The molecule has 1 aliphatic rings. The van der Waals surface area contributed by atoms with Crippen molar-refractivity contribution in [3.05, 3.63) is 15.5 Å². The van der Waals surface area contributed by atoms with E-state index in [0.717, 1.165) is 0 Å². The lowest BCUT2D eigenvalue weighted by molar-refractivity contribution is 0.0865. The van der Waals surface area contributed by atoms with E-state index >= 15 is 0 Å². The Hall–Kier alpha value is -0.100. The second-order valence-corrected chi connectivity index (χ2v) is 7.07. The second-order valence-electron chi connectivity index (χ2n) is 5.91. The van der Waals surface area contributed by atoms with Gasteiger partial charge in [0.1, 0.15) is 0 Å². The van der Waals surface area contributed by atoms with Gasteiger partial charge in [0.25, 0.3) is 0 Å². The number of piperidine rings is 1. The highest BCUT2D eigenvalue weighted by atomic mass is 127. The Labute approximate surface area is 118 Å². The molecule has 0 aromatic carbocycles. The molecule has 0 amide bonds. The number of nitrogens with zero attached hydrogens (tertiary/aromatic N) is 3. The van der Waals surface area contributed by atoms with Crippen LogP contribution in [0.4, 0.5) is 0 Å². The molecule has 0 radical (unpaired) electrons. The zero-order valence-corrected chi connectivity index (χ0v) is 13.4. The summed E-state index contributed by atoms with van der Waals surface area (Å²) in [7, 11) is 0. The van der Waals surface area contributed by atoms with Gasteiger partial charge in [-0.25, -0.2) is 0 Å². The van der Waals surface area contributed by atoms with Gasteiger partial charge in [0.05, 0.1) is 15.8 Å². The number of halogens is 1. The minimum Gasteiger partial charge on any atom is -0.298 e. The largest absolute Gasteiger partial charge is 0.298 e. The molecule has 0 bridgehead atoms. The molecule has 1 aliphatic heterocycles. The van der Waals surface area contributed by atoms with Crippen molar-refractivity contribution < 1.29 is 0 Å². The van der Waals surface area contributed by atoms with Gasteiger partial charge in [0, 0.05) is 24.3 Å². The molecule has 1 aromatic heterocycles. The molecule has 2 heterocycles. The molecule has 96 valence electrons. The van der Waals surface area contributed by atoms with Gasteiger partial charge in [0.15, 0.2) is 0 Å². The van der Waals surface area contributed by atoms with Crippen LogP contribution in [0.2, 0.25) is 0 Å². The van der Waals surface area contributed by atoms with E-state index in [4.69, 9.17) is 0 Å². The summed E-state index contributed by atoms with van der Waals surface area (Å²) < 4.78 is 3.50. The Morgan fingerprint density at radius 2 is 1.88 bits per heavy atom. The summed E-state index contributed by atoms with van der Waals surface area (Å²) in [4.78, 5) is 2.58. The normalized spacial score (nSPS) is 19.8. The summed E-state index contributed by atoms with van der Waals surface area (Å²) >= 11 is 2.36. The fraction of sp³-hybridized carbons (Fsp3) is 0.769. The van der Waals surface area contributed by atoms with Gasteiger partial charge in [-0.2, -0.15) is 5.10 Å². The number of hydrogen-bond donors (Lipinski definition) is 0. The van der Waals surface area contributed by atoms with Gasteiger partial charge in [-0.3, -0.25) is 9.58 Å². The average molecular weight is 347 g/mol. The first-order valence-electron chi connectivity index (χ1n) is 6.34. The van der Waals surface area contributed by atoms with Crippen LogP contribution >= 0.6 is 22.6 Å². The van der Waals surface area contributed by atoms with Gasteiger partial charge < -0.3 is 0 Å². The minimum absolute atomic E-state index is 0.304. The smallest absolute Gasteiger partial charge is 0.0626 e. The molecular weight excluding hydrogens is 325 g/mol. The minimum atomic E-state index is 0.304. The van der Waals surface area contributed by atoms with E-state index < -0.39 is 0 Å². The van der Waals surface area contributed by atoms with Gasteiger partial charge in [-0.05, 0) is 63.1 Å². The van der Waals surface area contributed by atoms with Crippen molar-refractivity contribution in [1.29, 1.82) is 0 Å². The topological polar surface area (TPSA) is 21.1 Å². The predicted octanol–water partition coefficient (Wildman–Crippen LogP) is 3.23. The predicted molar refractivity (Wildman–Crippen MR) is 79.3 cm³/mol. The molecule has 3 nitrogen and oxygen atoms in total. The molecule has 2 rings (SSSR count). The van der Waals surface area contributed by atoms with Crippen LogP contribution in [0.15, 0.2) is 6.20 Å². The fourth-order valence-electron chi connectivity index (χ4n) is 2.55. The lowest BCUT2D eigenvalue weighted by Crippen LogP contribution is -2.46. The summed E-state index contributed by atoms with van der Waals surface area (Å²) in [6, 6.07) is 0.595.